The van der Waals surface area contributed by atoms with Gasteiger partial charge in [0.2, 0.25) is 0 Å². The smallest absolute Gasteiger partial charge is 0.344 e. The Labute approximate surface area is 134 Å². The van der Waals surface area contributed by atoms with E-state index in [0.717, 1.165) is 50.3 Å². The summed E-state index contributed by atoms with van der Waals surface area (Å²) < 4.78 is 5.31. The highest BCUT2D eigenvalue weighted by molar-refractivity contribution is 6.12. The number of rotatable bonds is 6. The van der Waals surface area contributed by atoms with E-state index >= 15 is 0 Å². The summed E-state index contributed by atoms with van der Waals surface area (Å²) in [4.78, 5) is 25.6. The number of hydrogen-bond donors (Lipinski definition) is 2. The van der Waals surface area contributed by atoms with Crippen LogP contribution in [0, 0.1) is 0 Å². The van der Waals surface area contributed by atoms with Gasteiger partial charge in [-0.3, -0.25) is 4.90 Å². The SMILES string of the molecule is CN(C=C(C(=O)O)C(=O)O)c1ccc(CN2CCOCC2)cc1. The van der Waals surface area contributed by atoms with E-state index in [9.17, 15) is 9.59 Å². The monoisotopic (exact) mass is 320 g/mol. The minimum absolute atomic E-state index is 0.676. The second kappa shape index (κ2) is 7.75. The van der Waals surface area contributed by atoms with E-state index in [4.69, 9.17) is 14.9 Å². The molecule has 2 rings (SSSR count). The van der Waals surface area contributed by atoms with Crippen molar-refractivity contribution in [1.82, 2.24) is 4.90 Å². The van der Waals surface area contributed by atoms with E-state index in [1.54, 1.807) is 7.05 Å². The fourth-order valence-corrected chi connectivity index (χ4v) is 2.32. The molecule has 1 fully saturated rings. The minimum atomic E-state index is -1.46. The number of carbonyl (C=O) groups is 2. The number of carboxylic acid groups (broad SMARTS) is 2. The second-order valence-corrected chi connectivity index (χ2v) is 5.32. The molecule has 23 heavy (non-hydrogen) atoms. The molecule has 124 valence electrons. The van der Waals surface area contributed by atoms with E-state index < -0.39 is 17.5 Å². The molecule has 0 amide bonds. The molecule has 1 heterocycles. The van der Waals surface area contributed by atoms with Crippen LogP contribution in [0.5, 0.6) is 0 Å². The number of benzene rings is 1. The van der Waals surface area contributed by atoms with Crippen molar-refractivity contribution in [3.63, 3.8) is 0 Å². The van der Waals surface area contributed by atoms with Crippen molar-refractivity contribution in [2.45, 2.75) is 6.54 Å². The van der Waals surface area contributed by atoms with Crippen molar-refractivity contribution >= 4 is 17.6 Å². The van der Waals surface area contributed by atoms with Crippen LogP contribution >= 0.6 is 0 Å². The minimum Gasteiger partial charge on any atom is -0.477 e. The molecule has 0 aliphatic carbocycles. The quantitative estimate of drug-likeness (QED) is 0.459. The van der Waals surface area contributed by atoms with E-state index in [1.165, 1.54) is 4.90 Å². The molecule has 1 saturated heterocycles. The van der Waals surface area contributed by atoms with Crippen molar-refractivity contribution in [1.29, 1.82) is 0 Å². The first-order valence-corrected chi connectivity index (χ1v) is 7.27. The Morgan fingerprint density at radius 2 is 1.74 bits per heavy atom. The molecule has 0 aromatic heterocycles. The average Bonchev–Trinajstić information content (AvgIpc) is 2.53. The van der Waals surface area contributed by atoms with Crippen LogP contribution in [0.25, 0.3) is 0 Å². The predicted octanol–water partition coefficient (Wildman–Crippen LogP) is 1.01. The molecule has 7 heteroatoms. The maximum atomic E-state index is 10.9. The maximum absolute atomic E-state index is 10.9. The zero-order valence-electron chi connectivity index (χ0n) is 12.9. The van der Waals surface area contributed by atoms with Crippen LogP contribution in [-0.4, -0.2) is 60.4 Å². The lowest BCUT2D eigenvalue weighted by molar-refractivity contribution is -0.140. The Morgan fingerprint density at radius 1 is 1.17 bits per heavy atom. The van der Waals surface area contributed by atoms with Crippen LogP contribution in [-0.2, 0) is 20.9 Å². The highest BCUT2D eigenvalue weighted by Crippen LogP contribution is 2.17. The first-order chi connectivity index (χ1) is 11.0. The largest absolute Gasteiger partial charge is 0.477 e. The number of hydrogen-bond acceptors (Lipinski definition) is 5. The number of aliphatic carboxylic acids is 2. The van der Waals surface area contributed by atoms with E-state index in [2.05, 4.69) is 4.90 Å². The van der Waals surface area contributed by atoms with Crippen LogP contribution in [0.1, 0.15) is 5.56 Å². The fourth-order valence-electron chi connectivity index (χ4n) is 2.32. The van der Waals surface area contributed by atoms with Crippen LogP contribution in [0.2, 0.25) is 0 Å². The normalized spacial score (nSPS) is 15.0. The van der Waals surface area contributed by atoms with Gasteiger partial charge in [-0.05, 0) is 17.7 Å². The van der Waals surface area contributed by atoms with Gasteiger partial charge in [-0.1, -0.05) is 12.1 Å². The molecular weight excluding hydrogens is 300 g/mol. The predicted molar refractivity (Wildman–Crippen MR) is 84.3 cm³/mol. The Hall–Kier alpha value is -2.38. The van der Waals surface area contributed by atoms with Crippen molar-refractivity contribution in [3.8, 4) is 0 Å². The van der Waals surface area contributed by atoms with Gasteiger partial charge < -0.3 is 19.8 Å². The van der Waals surface area contributed by atoms with Gasteiger partial charge in [0.25, 0.3) is 0 Å². The van der Waals surface area contributed by atoms with Gasteiger partial charge in [0.1, 0.15) is 0 Å². The summed E-state index contributed by atoms with van der Waals surface area (Å²) in [5, 5.41) is 17.7. The van der Waals surface area contributed by atoms with Crippen LogP contribution in [0.4, 0.5) is 5.69 Å². The molecule has 0 saturated carbocycles. The van der Waals surface area contributed by atoms with Crippen molar-refractivity contribution in [2.24, 2.45) is 0 Å². The van der Waals surface area contributed by atoms with Gasteiger partial charge in [-0.25, -0.2) is 9.59 Å². The Kier molecular flexibility index (Phi) is 5.72. The summed E-state index contributed by atoms with van der Waals surface area (Å²) in [6.07, 6.45) is 1.10. The van der Waals surface area contributed by atoms with Crippen molar-refractivity contribution in [3.05, 3.63) is 41.6 Å². The van der Waals surface area contributed by atoms with Gasteiger partial charge in [-0.2, -0.15) is 0 Å². The van der Waals surface area contributed by atoms with Gasteiger partial charge in [0, 0.05) is 38.6 Å². The number of morpholine rings is 1. The maximum Gasteiger partial charge on any atom is 0.344 e. The van der Waals surface area contributed by atoms with Crippen molar-refractivity contribution < 1.29 is 24.5 Å². The number of carboxylic acids is 2. The molecule has 0 bridgehead atoms. The Morgan fingerprint density at radius 3 is 2.26 bits per heavy atom. The molecule has 1 aromatic carbocycles. The summed E-state index contributed by atoms with van der Waals surface area (Å²) in [6, 6.07) is 7.59. The highest BCUT2D eigenvalue weighted by Gasteiger charge is 2.17. The summed E-state index contributed by atoms with van der Waals surface area (Å²) in [6.45, 7) is 4.15. The first kappa shape index (κ1) is 17.0. The molecule has 0 spiro atoms. The van der Waals surface area contributed by atoms with Gasteiger partial charge in [-0.15, -0.1) is 0 Å². The topological polar surface area (TPSA) is 90.3 Å². The number of ether oxygens (including phenoxy) is 1. The lowest BCUT2D eigenvalue weighted by atomic mass is 10.1. The van der Waals surface area contributed by atoms with Gasteiger partial charge in [0.15, 0.2) is 5.57 Å². The third kappa shape index (κ3) is 4.80. The lowest BCUT2D eigenvalue weighted by Gasteiger charge is -2.26. The molecule has 0 unspecified atom stereocenters. The third-order valence-corrected chi connectivity index (χ3v) is 3.64. The van der Waals surface area contributed by atoms with E-state index in [-0.39, 0.29) is 0 Å². The summed E-state index contributed by atoms with van der Waals surface area (Å²) in [7, 11) is 1.61. The zero-order chi connectivity index (χ0) is 16.8. The summed E-state index contributed by atoms with van der Waals surface area (Å²) in [5.41, 5.74) is 1.19. The molecule has 1 aliphatic rings. The van der Waals surface area contributed by atoms with Gasteiger partial charge in [0.05, 0.1) is 13.2 Å². The second-order valence-electron chi connectivity index (χ2n) is 5.32. The third-order valence-electron chi connectivity index (χ3n) is 3.64. The summed E-state index contributed by atoms with van der Waals surface area (Å²) in [5.74, 6) is -2.93. The molecule has 0 radical (unpaired) electrons. The fraction of sp³-hybridized carbons (Fsp3) is 0.375. The molecular formula is C16H20N2O5. The average molecular weight is 320 g/mol. The van der Waals surface area contributed by atoms with E-state index in [1.807, 2.05) is 24.3 Å². The molecule has 1 aliphatic heterocycles. The standard InChI is InChI=1S/C16H20N2O5/c1-17(11-14(15(19)20)16(21)22)13-4-2-12(3-5-13)10-18-6-8-23-9-7-18/h2-5,11H,6-10H2,1H3,(H,19,20)(H,21,22). The summed E-state index contributed by atoms with van der Waals surface area (Å²) >= 11 is 0. The highest BCUT2D eigenvalue weighted by atomic mass is 16.5. The number of anilines is 1. The molecule has 0 atom stereocenters. The number of nitrogens with zero attached hydrogens (tertiary/aromatic N) is 2. The molecule has 7 nitrogen and oxygen atoms in total. The Balaban J connectivity index is 2.04. The van der Waals surface area contributed by atoms with E-state index in [0.29, 0.717) is 0 Å². The van der Waals surface area contributed by atoms with Crippen molar-refractivity contribution in [2.75, 3.05) is 38.3 Å². The molecule has 2 N–H and O–H groups in total. The zero-order valence-corrected chi connectivity index (χ0v) is 12.9. The van der Waals surface area contributed by atoms with Crippen LogP contribution < -0.4 is 4.90 Å². The first-order valence-electron chi connectivity index (χ1n) is 7.27. The van der Waals surface area contributed by atoms with Crippen LogP contribution in [0.3, 0.4) is 0 Å². The lowest BCUT2D eigenvalue weighted by Crippen LogP contribution is -2.35. The van der Waals surface area contributed by atoms with Gasteiger partial charge >= 0.3 is 11.9 Å². The molecule has 1 aromatic rings. The van der Waals surface area contributed by atoms with Crippen LogP contribution in [0.15, 0.2) is 36.0 Å². The Bertz CT molecular complexity index is 575.